The van der Waals surface area contributed by atoms with Crippen LogP contribution in [0, 0.1) is 5.82 Å². The summed E-state index contributed by atoms with van der Waals surface area (Å²) in [6.07, 6.45) is 1.83. The molecule has 2 heterocycles. The molecule has 1 aromatic heterocycles. The normalized spacial score (nSPS) is 17.2. The Morgan fingerprint density at radius 3 is 2.22 bits per heavy atom. The third-order valence-corrected chi connectivity index (χ3v) is 8.41. The molecule has 1 unspecified atom stereocenters. The van der Waals surface area contributed by atoms with Gasteiger partial charge in [0.2, 0.25) is 0 Å². The second-order valence-corrected chi connectivity index (χ2v) is 11.5. The van der Waals surface area contributed by atoms with E-state index >= 15 is 0 Å². The van der Waals surface area contributed by atoms with E-state index in [-0.39, 0.29) is 18.3 Å². The van der Waals surface area contributed by atoms with Crippen molar-refractivity contribution in [2.75, 3.05) is 0 Å². The summed E-state index contributed by atoms with van der Waals surface area (Å²) in [4.78, 5) is 13.1. The average molecular weight is 518 g/mol. The summed E-state index contributed by atoms with van der Waals surface area (Å²) in [6.45, 7) is 8.29. The molecule has 6 nitrogen and oxygen atoms in total. The van der Waals surface area contributed by atoms with Crippen LogP contribution < -0.4 is 10.8 Å². The fourth-order valence-corrected chi connectivity index (χ4v) is 5.34. The first-order valence-electron chi connectivity index (χ1n) is 12.1. The van der Waals surface area contributed by atoms with Gasteiger partial charge in [0.15, 0.2) is 11.0 Å². The van der Waals surface area contributed by atoms with Gasteiger partial charge in [-0.1, -0.05) is 30.3 Å². The number of nitrogens with one attached hydrogen (secondary N) is 1. The Morgan fingerprint density at radius 1 is 0.946 bits per heavy atom. The molecule has 37 heavy (non-hydrogen) atoms. The lowest BCUT2D eigenvalue weighted by Crippen LogP contribution is -2.41. The molecule has 0 saturated carbocycles. The standard InChI is InChI=1S/C28H28BFN2O4S/c1-27(2)28(3,4)36-29(35-27)24-18-32(25-8-6-5-7-23(24)25)37(34)22-15-11-20(12-16-22)26(33)31-17-19-9-13-21(30)14-10-19/h5-16,18H,17H2,1-4H3,(H,31,33). The van der Waals surface area contributed by atoms with Gasteiger partial charge in [-0.3, -0.25) is 8.77 Å². The number of carbonyl (C=O) groups excluding carboxylic acids is 1. The maximum Gasteiger partial charge on any atom is 0.497 e. The van der Waals surface area contributed by atoms with Crippen LogP contribution in [0.4, 0.5) is 4.39 Å². The summed E-state index contributed by atoms with van der Waals surface area (Å²) in [5.74, 6) is -0.589. The number of rotatable bonds is 6. The summed E-state index contributed by atoms with van der Waals surface area (Å²) in [5.41, 5.74) is 1.87. The number of fused-ring (bicyclic) bond motifs is 1. The van der Waals surface area contributed by atoms with E-state index in [4.69, 9.17) is 9.31 Å². The molecule has 9 heteroatoms. The molecule has 0 aliphatic carbocycles. The van der Waals surface area contributed by atoms with Crippen molar-refractivity contribution in [3.05, 3.63) is 95.9 Å². The first-order chi connectivity index (χ1) is 17.6. The van der Waals surface area contributed by atoms with Gasteiger partial charge in [0.25, 0.3) is 5.91 Å². The topological polar surface area (TPSA) is 69.6 Å². The van der Waals surface area contributed by atoms with E-state index in [1.54, 1.807) is 40.4 Å². The highest BCUT2D eigenvalue weighted by Crippen LogP contribution is 2.37. The maximum atomic E-state index is 13.6. The van der Waals surface area contributed by atoms with Crippen LogP contribution in [0.5, 0.6) is 0 Å². The van der Waals surface area contributed by atoms with Crippen molar-refractivity contribution in [2.24, 2.45) is 0 Å². The van der Waals surface area contributed by atoms with Gasteiger partial charge in [0.1, 0.15) is 5.82 Å². The number of benzene rings is 3. The molecule has 0 spiro atoms. The van der Waals surface area contributed by atoms with Crippen molar-refractivity contribution >= 4 is 40.4 Å². The van der Waals surface area contributed by atoms with E-state index in [1.165, 1.54) is 12.1 Å². The maximum absolute atomic E-state index is 13.6. The summed E-state index contributed by atoms with van der Waals surface area (Å²) in [5, 5.41) is 3.73. The highest BCUT2D eigenvalue weighted by Gasteiger charge is 2.52. The number of nitrogens with zero attached hydrogens (tertiary/aromatic N) is 1. The lowest BCUT2D eigenvalue weighted by Gasteiger charge is -2.32. The number of para-hydroxylation sites is 1. The monoisotopic (exact) mass is 518 g/mol. The van der Waals surface area contributed by atoms with Crippen LogP contribution in [0.2, 0.25) is 0 Å². The predicted molar refractivity (Wildman–Crippen MR) is 143 cm³/mol. The first-order valence-corrected chi connectivity index (χ1v) is 13.2. The fourth-order valence-electron chi connectivity index (χ4n) is 4.19. The fraction of sp³-hybridized carbons (Fsp3) is 0.250. The molecule has 1 aliphatic heterocycles. The molecule has 1 N–H and O–H groups in total. The lowest BCUT2D eigenvalue weighted by atomic mass is 9.79. The summed E-state index contributed by atoms with van der Waals surface area (Å²) in [6, 6.07) is 20.4. The molecule has 1 atom stereocenters. The van der Waals surface area contributed by atoms with Gasteiger partial charge in [-0.05, 0) is 75.7 Å². The van der Waals surface area contributed by atoms with Crippen LogP contribution in [0.1, 0.15) is 43.6 Å². The summed E-state index contributed by atoms with van der Waals surface area (Å²) in [7, 11) is -2.14. The molecule has 3 aromatic carbocycles. The Hall–Kier alpha value is -3.27. The van der Waals surface area contributed by atoms with Crippen LogP contribution in [0.15, 0.2) is 83.9 Å². The highest BCUT2D eigenvalue weighted by atomic mass is 32.2. The van der Waals surface area contributed by atoms with E-state index in [9.17, 15) is 13.4 Å². The zero-order chi connectivity index (χ0) is 26.4. The third-order valence-electron chi connectivity index (χ3n) is 7.08. The second-order valence-electron chi connectivity index (χ2n) is 10.1. The number of amides is 1. The summed E-state index contributed by atoms with van der Waals surface area (Å²) < 4.78 is 40.9. The molecule has 4 aromatic rings. The molecule has 0 radical (unpaired) electrons. The van der Waals surface area contributed by atoms with E-state index < -0.39 is 29.3 Å². The number of aromatic nitrogens is 1. The van der Waals surface area contributed by atoms with Gasteiger partial charge < -0.3 is 14.6 Å². The van der Waals surface area contributed by atoms with Gasteiger partial charge in [-0.2, -0.15) is 0 Å². The molecule has 1 saturated heterocycles. The predicted octanol–water partition coefficient (Wildman–Crippen LogP) is 4.58. The van der Waals surface area contributed by atoms with Gasteiger partial charge in [-0.25, -0.2) is 8.60 Å². The Balaban J connectivity index is 1.36. The zero-order valence-corrected chi connectivity index (χ0v) is 22.0. The van der Waals surface area contributed by atoms with Crippen LogP contribution in [0.3, 0.4) is 0 Å². The molecule has 1 fully saturated rings. The van der Waals surface area contributed by atoms with Gasteiger partial charge in [-0.15, -0.1) is 0 Å². The van der Waals surface area contributed by atoms with Gasteiger partial charge >= 0.3 is 7.12 Å². The molecule has 5 rings (SSSR count). The lowest BCUT2D eigenvalue weighted by molar-refractivity contribution is 0.00578. The van der Waals surface area contributed by atoms with E-state index in [1.807, 2.05) is 58.2 Å². The molecule has 190 valence electrons. The van der Waals surface area contributed by atoms with Crippen molar-refractivity contribution < 1.29 is 22.7 Å². The minimum Gasteiger partial charge on any atom is -0.399 e. The van der Waals surface area contributed by atoms with Gasteiger partial charge in [0.05, 0.1) is 21.6 Å². The van der Waals surface area contributed by atoms with E-state index in [0.29, 0.717) is 10.5 Å². The van der Waals surface area contributed by atoms with Crippen molar-refractivity contribution in [3.8, 4) is 0 Å². The second kappa shape index (κ2) is 9.56. The highest BCUT2D eigenvalue weighted by molar-refractivity contribution is 7.83. The van der Waals surface area contributed by atoms with E-state index in [2.05, 4.69) is 5.32 Å². The zero-order valence-electron chi connectivity index (χ0n) is 21.2. The van der Waals surface area contributed by atoms with Crippen molar-refractivity contribution in [1.29, 1.82) is 0 Å². The average Bonchev–Trinajstić information content (AvgIpc) is 3.36. The Bertz CT molecular complexity index is 1470. The van der Waals surface area contributed by atoms with Gasteiger partial charge in [0, 0.05) is 29.2 Å². The molecular formula is C28H28BFN2O4S. The Kier molecular flexibility index (Phi) is 6.56. The smallest absolute Gasteiger partial charge is 0.399 e. The van der Waals surface area contributed by atoms with Crippen molar-refractivity contribution in [3.63, 3.8) is 0 Å². The number of hydrogen-bond acceptors (Lipinski definition) is 4. The minimum absolute atomic E-state index is 0.267. The number of hydrogen-bond donors (Lipinski definition) is 1. The molecule has 1 amide bonds. The van der Waals surface area contributed by atoms with Crippen molar-refractivity contribution in [2.45, 2.75) is 50.3 Å². The number of carbonyl (C=O) groups is 1. The van der Waals surface area contributed by atoms with Crippen molar-refractivity contribution in [1.82, 2.24) is 9.29 Å². The van der Waals surface area contributed by atoms with Crippen LogP contribution >= 0.6 is 0 Å². The summed E-state index contributed by atoms with van der Waals surface area (Å²) >= 11 is 0. The first kappa shape index (κ1) is 25.4. The van der Waals surface area contributed by atoms with Crippen LogP contribution in [0.25, 0.3) is 10.9 Å². The Morgan fingerprint density at radius 2 is 1.57 bits per heavy atom. The molecular weight excluding hydrogens is 490 g/mol. The largest absolute Gasteiger partial charge is 0.497 e. The number of halogens is 1. The third kappa shape index (κ3) is 4.86. The Labute approximate surface area is 218 Å². The van der Waals surface area contributed by atoms with E-state index in [0.717, 1.165) is 21.9 Å². The van der Waals surface area contributed by atoms with Crippen LogP contribution in [-0.4, -0.2) is 32.4 Å². The minimum atomic E-state index is -1.56. The molecule has 1 aliphatic rings. The van der Waals surface area contributed by atoms with Crippen LogP contribution in [-0.2, 0) is 26.8 Å². The molecule has 0 bridgehead atoms. The quantitative estimate of drug-likeness (QED) is 0.380. The SMILES string of the molecule is CC1(C)OB(c2cn(S(=O)c3ccc(C(=O)NCc4ccc(F)cc4)cc3)c3ccccc23)OC1(C)C.